The number of anilines is 1. The zero-order valence-corrected chi connectivity index (χ0v) is 17.7. The number of nitrogens with one attached hydrogen (secondary N) is 3. The summed E-state index contributed by atoms with van der Waals surface area (Å²) in [4.78, 5) is 38.7. The van der Waals surface area contributed by atoms with Crippen molar-refractivity contribution in [2.75, 3.05) is 38.1 Å². The van der Waals surface area contributed by atoms with E-state index in [1.54, 1.807) is 6.92 Å². The highest BCUT2D eigenvalue weighted by atomic mass is 32.1. The molecule has 3 N–H and O–H groups in total. The largest absolute Gasteiger partial charge is 0.462 e. The van der Waals surface area contributed by atoms with E-state index in [1.165, 1.54) is 11.3 Å². The van der Waals surface area contributed by atoms with Crippen LogP contribution in [0.25, 0.3) is 11.1 Å². The lowest BCUT2D eigenvalue weighted by Crippen LogP contribution is -3.16. The van der Waals surface area contributed by atoms with Crippen molar-refractivity contribution in [3.05, 3.63) is 40.3 Å². The molecule has 0 aliphatic carbocycles. The van der Waals surface area contributed by atoms with E-state index in [1.807, 2.05) is 38.1 Å². The molecular weight excluding hydrogens is 390 g/mol. The highest BCUT2D eigenvalue weighted by Crippen LogP contribution is 2.40. The van der Waals surface area contributed by atoms with Gasteiger partial charge in [0.25, 0.3) is 11.8 Å². The number of esters is 1. The second kappa shape index (κ2) is 9.19. The van der Waals surface area contributed by atoms with Crippen LogP contribution in [-0.2, 0) is 14.3 Å². The van der Waals surface area contributed by atoms with E-state index < -0.39 is 5.97 Å². The third-order valence-corrected chi connectivity index (χ3v) is 5.80. The number of rotatable bonds is 6. The third kappa shape index (κ3) is 5.02. The van der Waals surface area contributed by atoms with Crippen molar-refractivity contribution < 1.29 is 24.0 Å². The first kappa shape index (κ1) is 21.0. The molecular formula is C21H26N3O4S+. The minimum atomic E-state index is -0.451. The molecule has 0 bridgehead atoms. The van der Waals surface area contributed by atoms with E-state index in [9.17, 15) is 14.4 Å². The molecule has 1 aliphatic heterocycles. The van der Waals surface area contributed by atoms with E-state index in [0.717, 1.165) is 26.5 Å². The Morgan fingerprint density at radius 3 is 2.62 bits per heavy atom. The molecule has 29 heavy (non-hydrogen) atoms. The van der Waals surface area contributed by atoms with Gasteiger partial charge in [0.05, 0.1) is 19.7 Å². The molecule has 1 atom stereocenters. The second-order valence-corrected chi connectivity index (χ2v) is 8.30. The Morgan fingerprint density at radius 2 is 1.97 bits per heavy atom. The SMILES string of the molecule is CCOC(=O)c1c(NC(=O)C[NH+]2CCNC(=O)C2)sc(C)c1-c1ccc(C)cc1. The molecule has 3 rings (SSSR count). The van der Waals surface area contributed by atoms with Gasteiger partial charge < -0.3 is 20.3 Å². The summed E-state index contributed by atoms with van der Waals surface area (Å²) in [5, 5.41) is 6.12. The molecule has 1 unspecified atom stereocenters. The molecule has 2 amide bonds. The van der Waals surface area contributed by atoms with Crippen molar-refractivity contribution in [1.82, 2.24) is 5.32 Å². The van der Waals surface area contributed by atoms with Crippen molar-refractivity contribution in [3.63, 3.8) is 0 Å². The van der Waals surface area contributed by atoms with E-state index in [-0.39, 0.29) is 31.5 Å². The van der Waals surface area contributed by atoms with Crippen LogP contribution in [0.15, 0.2) is 24.3 Å². The molecule has 0 radical (unpaired) electrons. The monoisotopic (exact) mass is 416 g/mol. The lowest BCUT2D eigenvalue weighted by atomic mass is 10.0. The van der Waals surface area contributed by atoms with Crippen molar-refractivity contribution in [3.8, 4) is 11.1 Å². The van der Waals surface area contributed by atoms with Crippen molar-refractivity contribution in [2.45, 2.75) is 20.8 Å². The first-order chi connectivity index (χ1) is 13.9. The maximum Gasteiger partial charge on any atom is 0.341 e. The number of hydrogen-bond donors (Lipinski definition) is 3. The van der Waals surface area contributed by atoms with Crippen molar-refractivity contribution >= 4 is 34.1 Å². The van der Waals surface area contributed by atoms with Gasteiger partial charge >= 0.3 is 5.97 Å². The second-order valence-electron chi connectivity index (χ2n) is 7.08. The van der Waals surface area contributed by atoms with Crippen LogP contribution in [0.1, 0.15) is 27.7 Å². The average Bonchev–Trinajstić information content (AvgIpc) is 2.98. The summed E-state index contributed by atoms with van der Waals surface area (Å²) in [6.45, 7) is 7.65. The van der Waals surface area contributed by atoms with Gasteiger partial charge in [-0.2, -0.15) is 0 Å². The number of amides is 2. The van der Waals surface area contributed by atoms with Crippen LogP contribution in [0.2, 0.25) is 0 Å². The van der Waals surface area contributed by atoms with Crippen molar-refractivity contribution in [2.24, 2.45) is 0 Å². The summed E-state index contributed by atoms with van der Waals surface area (Å²) in [6, 6.07) is 7.92. The number of thiophene rings is 1. The fourth-order valence-electron chi connectivity index (χ4n) is 3.40. The summed E-state index contributed by atoms with van der Waals surface area (Å²) < 4.78 is 5.27. The Balaban J connectivity index is 1.88. The summed E-state index contributed by atoms with van der Waals surface area (Å²) in [7, 11) is 0. The molecule has 1 saturated heterocycles. The topological polar surface area (TPSA) is 88.9 Å². The normalized spacial score (nSPS) is 16.2. The van der Waals surface area contributed by atoms with Gasteiger partial charge in [0.15, 0.2) is 13.1 Å². The molecule has 1 aliphatic rings. The van der Waals surface area contributed by atoms with Crippen LogP contribution in [0.5, 0.6) is 0 Å². The van der Waals surface area contributed by atoms with Crippen LogP contribution in [0, 0.1) is 13.8 Å². The van der Waals surface area contributed by atoms with Crippen molar-refractivity contribution in [1.29, 1.82) is 0 Å². The first-order valence-electron chi connectivity index (χ1n) is 9.66. The number of piperazine rings is 1. The number of quaternary nitrogens is 1. The quantitative estimate of drug-likeness (QED) is 0.617. The molecule has 1 aromatic heterocycles. The van der Waals surface area contributed by atoms with Gasteiger partial charge in [0.1, 0.15) is 10.6 Å². The summed E-state index contributed by atoms with van der Waals surface area (Å²) in [5.41, 5.74) is 3.21. The predicted octanol–water partition coefficient (Wildman–Crippen LogP) is 1.16. The van der Waals surface area contributed by atoms with Gasteiger partial charge in [0.2, 0.25) is 0 Å². The number of carbonyl (C=O) groups is 3. The van der Waals surface area contributed by atoms with Crippen LogP contribution in [0.3, 0.4) is 0 Å². The molecule has 7 nitrogen and oxygen atoms in total. The minimum absolute atomic E-state index is 0.0557. The summed E-state index contributed by atoms with van der Waals surface area (Å²) >= 11 is 1.36. The smallest absolute Gasteiger partial charge is 0.341 e. The molecule has 0 saturated carbocycles. The molecule has 8 heteroatoms. The maximum absolute atomic E-state index is 12.7. The number of benzene rings is 1. The average molecular weight is 417 g/mol. The van der Waals surface area contributed by atoms with E-state index in [4.69, 9.17) is 4.74 Å². The van der Waals surface area contributed by atoms with Crippen LogP contribution >= 0.6 is 11.3 Å². The number of ether oxygens (including phenoxy) is 1. The molecule has 0 spiro atoms. The van der Waals surface area contributed by atoms with E-state index in [0.29, 0.717) is 23.7 Å². The Kier molecular flexibility index (Phi) is 6.66. The number of hydrogen-bond acceptors (Lipinski definition) is 5. The minimum Gasteiger partial charge on any atom is -0.462 e. The Bertz CT molecular complexity index is 921. The fraction of sp³-hybridized carbons (Fsp3) is 0.381. The summed E-state index contributed by atoms with van der Waals surface area (Å²) in [6.07, 6.45) is 0. The Hall–Kier alpha value is -2.71. The first-order valence-corrected chi connectivity index (χ1v) is 10.5. The van der Waals surface area contributed by atoms with E-state index >= 15 is 0 Å². The van der Waals surface area contributed by atoms with E-state index in [2.05, 4.69) is 10.6 Å². The zero-order valence-electron chi connectivity index (χ0n) is 16.9. The molecule has 1 fully saturated rings. The van der Waals surface area contributed by atoms with Crippen LogP contribution in [0.4, 0.5) is 5.00 Å². The Labute approximate surface area is 174 Å². The van der Waals surface area contributed by atoms with Gasteiger partial charge in [-0.05, 0) is 26.3 Å². The standard InChI is InChI=1S/C21H25N3O4S/c1-4-28-21(27)19-18(15-7-5-13(2)6-8-15)14(3)29-20(19)23-17(26)12-24-10-9-22-16(25)11-24/h5-8H,4,9-12H2,1-3H3,(H,22,25)(H,23,26)/p+1. The number of carbonyl (C=O) groups excluding carboxylic acids is 3. The molecule has 154 valence electrons. The van der Waals surface area contributed by atoms with Gasteiger partial charge in [-0.15, -0.1) is 11.3 Å². The molecule has 2 aromatic rings. The lowest BCUT2D eigenvalue weighted by Gasteiger charge is -2.22. The van der Waals surface area contributed by atoms with Gasteiger partial charge in [-0.1, -0.05) is 29.8 Å². The third-order valence-electron chi connectivity index (χ3n) is 4.78. The number of aryl methyl sites for hydroxylation is 2. The Morgan fingerprint density at radius 1 is 1.24 bits per heavy atom. The van der Waals surface area contributed by atoms with Gasteiger partial charge in [-0.25, -0.2) is 4.79 Å². The molecule has 2 heterocycles. The summed E-state index contributed by atoms with van der Waals surface area (Å²) in [5.74, 6) is -0.732. The molecule has 1 aromatic carbocycles. The predicted molar refractivity (Wildman–Crippen MR) is 112 cm³/mol. The van der Waals surface area contributed by atoms with Crippen LogP contribution in [-0.4, -0.2) is 50.6 Å². The highest BCUT2D eigenvalue weighted by molar-refractivity contribution is 7.17. The van der Waals surface area contributed by atoms with Crippen LogP contribution < -0.4 is 15.5 Å². The fourth-order valence-corrected chi connectivity index (χ4v) is 4.48. The highest BCUT2D eigenvalue weighted by Gasteiger charge is 2.27. The lowest BCUT2D eigenvalue weighted by molar-refractivity contribution is -0.885. The van der Waals surface area contributed by atoms with Gasteiger partial charge in [0, 0.05) is 10.4 Å². The zero-order chi connectivity index (χ0) is 21.0. The maximum atomic E-state index is 12.7. The van der Waals surface area contributed by atoms with Gasteiger partial charge in [-0.3, -0.25) is 9.59 Å².